The second-order valence-corrected chi connectivity index (χ2v) is 8.65. The smallest absolute Gasteiger partial charge is 0.295 e. The van der Waals surface area contributed by atoms with Gasteiger partial charge >= 0.3 is 0 Å². The Hall–Kier alpha value is -3.83. The fourth-order valence-corrected chi connectivity index (χ4v) is 3.97. The van der Waals surface area contributed by atoms with Crippen molar-refractivity contribution in [1.82, 2.24) is 0 Å². The molecule has 0 saturated heterocycles. The fraction of sp³-hybridized carbons (Fsp3) is 0.0952. The molecule has 0 radical (unpaired) electrons. The van der Waals surface area contributed by atoms with Crippen molar-refractivity contribution in [2.75, 3.05) is 24.4 Å². The van der Waals surface area contributed by atoms with E-state index in [0.29, 0.717) is 22.1 Å². The number of benzene rings is 3. The van der Waals surface area contributed by atoms with Crippen molar-refractivity contribution in [3.8, 4) is 11.5 Å². The van der Waals surface area contributed by atoms with Gasteiger partial charge < -0.3 is 9.47 Å². The number of nitrogens with zero attached hydrogens (tertiary/aromatic N) is 2. The first-order valence-corrected chi connectivity index (χ1v) is 11.2. The molecule has 0 spiro atoms. The summed E-state index contributed by atoms with van der Waals surface area (Å²) in [6, 6.07) is 14.5. The summed E-state index contributed by atoms with van der Waals surface area (Å²) in [6.07, 6.45) is 1.43. The van der Waals surface area contributed by atoms with Crippen molar-refractivity contribution in [3.05, 3.63) is 81.4 Å². The molecular formula is C21H19ClN4O6S. The standard InChI is InChI=1S/C21H19ClN4O6S/c1-31-20-10-3-14(11-21(20)32-2)13-23-24-18-9-8-17(12-19(18)26(27)28)33(29,30)25-16-6-4-15(22)5-7-16/h3-13,24-25H,1-2H3/b23-13+. The summed E-state index contributed by atoms with van der Waals surface area (Å²) in [7, 11) is -1.05. The molecule has 10 nitrogen and oxygen atoms in total. The molecule has 0 fully saturated rings. The number of hydrogen-bond donors (Lipinski definition) is 2. The van der Waals surface area contributed by atoms with E-state index in [4.69, 9.17) is 21.1 Å². The Kier molecular flexibility index (Phi) is 7.36. The molecule has 0 bridgehead atoms. The summed E-state index contributed by atoms with van der Waals surface area (Å²) in [5, 5.41) is 16.0. The first-order valence-electron chi connectivity index (χ1n) is 9.31. The maximum Gasteiger partial charge on any atom is 0.295 e. The van der Waals surface area contributed by atoms with Gasteiger partial charge in [-0.05, 0) is 60.2 Å². The maximum absolute atomic E-state index is 12.6. The van der Waals surface area contributed by atoms with Crippen LogP contribution in [-0.2, 0) is 10.0 Å². The summed E-state index contributed by atoms with van der Waals surface area (Å²) in [5.74, 6) is 1.04. The molecule has 3 aromatic carbocycles. The summed E-state index contributed by atoms with van der Waals surface area (Å²) < 4.78 is 38.0. The van der Waals surface area contributed by atoms with Crippen LogP contribution in [0.3, 0.4) is 0 Å². The van der Waals surface area contributed by atoms with E-state index in [1.54, 1.807) is 18.2 Å². The number of sulfonamides is 1. The molecule has 0 aliphatic carbocycles. The molecule has 33 heavy (non-hydrogen) atoms. The van der Waals surface area contributed by atoms with Gasteiger partial charge in [0.1, 0.15) is 5.69 Å². The lowest BCUT2D eigenvalue weighted by Crippen LogP contribution is -2.13. The predicted molar refractivity (Wildman–Crippen MR) is 126 cm³/mol. The third-order valence-electron chi connectivity index (χ3n) is 4.38. The van der Waals surface area contributed by atoms with Gasteiger partial charge in [-0.3, -0.25) is 20.3 Å². The zero-order valence-corrected chi connectivity index (χ0v) is 19.1. The molecule has 0 saturated carbocycles. The van der Waals surface area contributed by atoms with E-state index in [1.807, 2.05) is 0 Å². The van der Waals surface area contributed by atoms with Crippen LogP contribution in [0.2, 0.25) is 5.02 Å². The number of nitro benzene ring substituents is 1. The van der Waals surface area contributed by atoms with Gasteiger partial charge in [0.25, 0.3) is 15.7 Å². The van der Waals surface area contributed by atoms with E-state index < -0.39 is 20.6 Å². The zero-order chi connectivity index (χ0) is 24.0. The van der Waals surface area contributed by atoms with E-state index in [-0.39, 0.29) is 16.3 Å². The first kappa shape index (κ1) is 23.8. The van der Waals surface area contributed by atoms with Gasteiger partial charge in [-0.25, -0.2) is 8.42 Å². The number of hydrogen-bond acceptors (Lipinski definition) is 8. The van der Waals surface area contributed by atoms with E-state index in [0.717, 1.165) is 6.07 Å². The Balaban J connectivity index is 1.82. The fourth-order valence-electron chi connectivity index (χ4n) is 2.77. The number of halogens is 1. The number of methoxy groups -OCH3 is 2. The van der Waals surface area contributed by atoms with Crippen LogP contribution in [0.5, 0.6) is 11.5 Å². The SMILES string of the molecule is COc1ccc(/C=N/Nc2ccc(S(=O)(=O)Nc3ccc(Cl)cc3)cc2[N+](=O)[O-])cc1OC. The number of anilines is 2. The predicted octanol–water partition coefficient (Wildman–Crippen LogP) is 4.51. The van der Waals surface area contributed by atoms with Crippen LogP contribution in [-0.4, -0.2) is 33.8 Å². The Morgan fingerprint density at radius 2 is 1.70 bits per heavy atom. The Labute approximate surface area is 195 Å². The Morgan fingerprint density at radius 3 is 2.33 bits per heavy atom. The van der Waals surface area contributed by atoms with Crippen LogP contribution in [0.15, 0.2) is 70.7 Å². The van der Waals surface area contributed by atoms with Crippen LogP contribution >= 0.6 is 11.6 Å². The van der Waals surface area contributed by atoms with Gasteiger partial charge in [0.15, 0.2) is 11.5 Å². The van der Waals surface area contributed by atoms with Crippen molar-refractivity contribution in [3.63, 3.8) is 0 Å². The summed E-state index contributed by atoms with van der Waals surface area (Å²) in [4.78, 5) is 10.6. The normalized spacial score (nSPS) is 11.2. The van der Waals surface area contributed by atoms with Crippen molar-refractivity contribution in [2.45, 2.75) is 4.90 Å². The molecule has 2 N–H and O–H groups in total. The van der Waals surface area contributed by atoms with Crippen LogP contribution in [0.1, 0.15) is 5.56 Å². The Morgan fingerprint density at radius 1 is 1.00 bits per heavy atom. The number of hydrazone groups is 1. The molecule has 0 atom stereocenters. The molecular weight excluding hydrogens is 472 g/mol. The monoisotopic (exact) mass is 490 g/mol. The van der Waals surface area contributed by atoms with Crippen molar-refractivity contribution >= 4 is 44.9 Å². The molecule has 0 unspecified atom stereocenters. The van der Waals surface area contributed by atoms with Gasteiger partial charge in [0.2, 0.25) is 0 Å². The van der Waals surface area contributed by atoms with E-state index in [9.17, 15) is 18.5 Å². The lowest BCUT2D eigenvalue weighted by atomic mass is 10.2. The van der Waals surface area contributed by atoms with Crippen LogP contribution < -0.4 is 19.6 Å². The second-order valence-electron chi connectivity index (χ2n) is 6.53. The molecule has 172 valence electrons. The second kappa shape index (κ2) is 10.2. The van der Waals surface area contributed by atoms with Gasteiger partial charge in [-0.2, -0.15) is 5.10 Å². The zero-order valence-electron chi connectivity index (χ0n) is 17.5. The van der Waals surface area contributed by atoms with Gasteiger partial charge in [0.05, 0.1) is 30.3 Å². The van der Waals surface area contributed by atoms with E-state index in [2.05, 4.69) is 15.2 Å². The average Bonchev–Trinajstić information content (AvgIpc) is 2.80. The number of nitrogens with one attached hydrogen (secondary N) is 2. The van der Waals surface area contributed by atoms with Crippen LogP contribution in [0, 0.1) is 10.1 Å². The summed E-state index contributed by atoms with van der Waals surface area (Å²) in [5.41, 5.74) is 3.04. The minimum absolute atomic E-state index is 0.0159. The van der Waals surface area contributed by atoms with Gasteiger partial charge in [0, 0.05) is 16.8 Å². The van der Waals surface area contributed by atoms with Crippen molar-refractivity contribution < 1.29 is 22.8 Å². The summed E-state index contributed by atoms with van der Waals surface area (Å²) >= 11 is 5.80. The summed E-state index contributed by atoms with van der Waals surface area (Å²) in [6.45, 7) is 0. The lowest BCUT2D eigenvalue weighted by molar-refractivity contribution is -0.384. The highest BCUT2D eigenvalue weighted by atomic mass is 35.5. The van der Waals surface area contributed by atoms with Gasteiger partial charge in [-0.1, -0.05) is 11.6 Å². The molecule has 0 heterocycles. The topological polar surface area (TPSA) is 132 Å². The molecule has 0 amide bonds. The lowest BCUT2D eigenvalue weighted by Gasteiger charge is -2.09. The van der Waals surface area contributed by atoms with Gasteiger partial charge in [-0.15, -0.1) is 0 Å². The number of ether oxygens (including phenoxy) is 2. The minimum Gasteiger partial charge on any atom is -0.493 e. The Bertz CT molecular complexity index is 1300. The van der Waals surface area contributed by atoms with E-state index >= 15 is 0 Å². The molecule has 12 heteroatoms. The largest absolute Gasteiger partial charge is 0.493 e. The molecule has 0 aromatic heterocycles. The van der Waals surface area contributed by atoms with E-state index in [1.165, 1.54) is 56.8 Å². The van der Waals surface area contributed by atoms with Crippen LogP contribution in [0.25, 0.3) is 0 Å². The number of rotatable bonds is 9. The highest BCUT2D eigenvalue weighted by molar-refractivity contribution is 7.92. The van der Waals surface area contributed by atoms with Crippen molar-refractivity contribution in [1.29, 1.82) is 0 Å². The average molecular weight is 491 g/mol. The molecule has 0 aliphatic rings. The third kappa shape index (κ3) is 5.90. The highest BCUT2D eigenvalue weighted by Crippen LogP contribution is 2.29. The highest BCUT2D eigenvalue weighted by Gasteiger charge is 2.21. The van der Waals surface area contributed by atoms with Crippen molar-refractivity contribution in [2.24, 2.45) is 5.10 Å². The number of nitro groups is 1. The first-order chi connectivity index (χ1) is 15.7. The maximum atomic E-state index is 12.6. The molecule has 3 aromatic rings. The van der Waals surface area contributed by atoms with Crippen LogP contribution in [0.4, 0.5) is 17.1 Å². The molecule has 3 rings (SSSR count). The third-order valence-corrected chi connectivity index (χ3v) is 6.01. The molecule has 0 aliphatic heterocycles. The minimum atomic E-state index is -4.07. The quantitative estimate of drug-likeness (QED) is 0.256.